The van der Waals surface area contributed by atoms with Gasteiger partial charge in [-0.3, -0.25) is 4.79 Å². The number of fused-ring (bicyclic) bond motifs is 1. The quantitative estimate of drug-likeness (QED) is 0.432. The number of alkyl halides is 3. The smallest absolute Gasteiger partial charge is 0.384 e. The Bertz CT molecular complexity index is 1510. The highest BCUT2D eigenvalue weighted by molar-refractivity contribution is 5.96. The number of aromatic nitrogens is 4. The van der Waals surface area contributed by atoms with E-state index in [1.165, 1.54) is 33.9 Å². The van der Waals surface area contributed by atoms with Crippen LogP contribution in [0.4, 0.5) is 19.0 Å². The molecule has 0 atom stereocenters. The second-order valence-electron chi connectivity index (χ2n) is 8.02. The van der Waals surface area contributed by atoms with Gasteiger partial charge in [0.05, 0.1) is 41.8 Å². The lowest BCUT2D eigenvalue weighted by atomic mass is 10.00. The monoisotopic (exact) mass is 492 g/mol. The standard InChI is InChI=1S/C25H19F3N6O2/c26-25(27,28)20-14-17(3-4-19(20)24(35)33-9-11-36-12-10-33)21-6-8-34-23(32-21)18(15-31-34)2-1-16-5-7-30-22(29)13-16/h3-8,13-15H,9-12H2,(H2,29,30). The summed E-state index contributed by atoms with van der Waals surface area (Å²) in [6.07, 6.45) is -0.0727. The third kappa shape index (κ3) is 4.71. The number of halogens is 3. The van der Waals surface area contributed by atoms with Gasteiger partial charge in [0, 0.05) is 36.6 Å². The molecule has 1 fully saturated rings. The molecule has 1 aliphatic heterocycles. The Hall–Kier alpha value is -4.43. The van der Waals surface area contributed by atoms with Crippen molar-refractivity contribution in [3.05, 3.63) is 77.2 Å². The van der Waals surface area contributed by atoms with Gasteiger partial charge in [-0.1, -0.05) is 17.9 Å². The molecule has 3 aromatic heterocycles. The van der Waals surface area contributed by atoms with Gasteiger partial charge in [-0.2, -0.15) is 18.3 Å². The Morgan fingerprint density at radius 1 is 1.08 bits per heavy atom. The fourth-order valence-electron chi connectivity index (χ4n) is 3.84. The van der Waals surface area contributed by atoms with Crippen molar-refractivity contribution in [1.82, 2.24) is 24.5 Å². The number of benzene rings is 1. The number of carbonyl (C=O) groups is 1. The van der Waals surface area contributed by atoms with Crippen molar-refractivity contribution in [2.45, 2.75) is 6.18 Å². The molecule has 4 heterocycles. The zero-order chi connectivity index (χ0) is 25.3. The number of amides is 1. The van der Waals surface area contributed by atoms with Crippen LogP contribution in [-0.4, -0.2) is 56.7 Å². The topological polar surface area (TPSA) is 98.6 Å². The van der Waals surface area contributed by atoms with Gasteiger partial charge in [-0.15, -0.1) is 0 Å². The molecule has 0 bridgehead atoms. The Kier molecular flexibility index (Phi) is 6.03. The van der Waals surface area contributed by atoms with Crippen LogP contribution < -0.4 is 5.73 Å². The van der Waals surface area contributed by atoms with Crippen LogP contribution in [0.25, 0.3) is 16.9 Å². The molecule has 2 N–H and O–H groups in total. The molecule has 1 amide bonds. The number of ether oxygens (including phenoxy) is 1. The molecule has 0 spiro atoms. The Labute approximate surface area is 203 Å². The zero-order valence-electron chi connectivity index (χ0n) is 18.8. The first-order valence-electron chi connectivity index (χ1n) is 11.0. The number of hydrogen-bond acceptors (Lipinski definition) is 6. The minimum atomic E-state index is -4.73. The van der Waals surface area contributed by atoms with E-state index in [-0.39, 0.29) is 24.3 Å². The van der Waals surface area contributed by atoms with Crippen molar-refractivity contribution >= 4 is 17.4 Å². The Morgan fingerprint density at radius 3 is 2.64 bits per heavy atom. The first-order chi connectivity index (χ1) is 17.3. The van der Waals surface area contributed by atoms with E-state index in [9.17, 15) is 18.0 Å². The molecule has 0 saturated carbocycles. The lowest BCUT2D eigenvalue weighted by molar-refractivity contribution is -0.138. The average Bonchev–Trinajstić information content (AvgIpc) is 3.29. The van der Waals surface area contributed by atoms with Crippen LogP contribution in [0.2, 0.25) is 0 Å². The van der Waals surface area contributed by atoms with Gasteiger partial charge in [0.2, 0.25) is 0 Å². The molecule has 11 heteroatoms. The first kappa shape index (κ1) is 23.3. The van der Waals surface area contributed by atoms with E-state index < -0.39 is 23.2 Å². The molecule has 1 aliphatic rings. The van der Waals surface area contributed by atoms with Crippen LogP contribution in [0.5, 0.6) is 0 Å². The van der Waals surface area contributed by atoms with Crippen LogP contribution in [0.3, 0.4) is 0 Å². The molecular formula is C25H19F3N6O2. The molecule has 4 aromatic rings. The van der Waals surface area contributed by atoms with Crippen LogP contribution in [0.1, 0.15) is 27.0 Å². The number of nitrogens with zero attached hydrogens (tertiary/aromatic N) is 5. The van der Waals surface area contributed by atoms with Crippen molar-refractivity contribution < 1.29 is 22.7 Å². The van der Waals surface area contributed by atoms with Gasteiger partial charge in [0.1, 0.15) is 5.82 Å². The molecule has 5 rings (SSSR count). The van der Waals surface area contributed by atoms with Crippen molar-refractivity contribution in [2.24, 2.45) is 0 Å². The lowest BCUT2D eigenvalue weighted by Gasteiger charge is -2.28. The number of morpholine rings is 1. The number of nitrogen functional groups attached to an aromatic ring is 1. The van der Waals surface area contributed by atoms with Gasteiger partial charge in [0.15, 0.2) is 5.65 Å². The lowest BCUT2D eigenvalue weighted by Crippen LogP contribution is -2.41. The van der Waals surface area contributed by atoms with Crippen molar-refractivity contribution in [3.63, 3.8) is 0 Å². The third-order valence-corrected chi connectivity index (χ3v) is 5.64. The van der Waals surface area contributed by atoms with Gasteiger partial charge in [-0.25, -0.2) is 14.5 Å². The van der Waals surface area contributed by atoms with E-state index in [4.69, 9.17) is 10.5 Å². The summed E-state index contributed by atoms with van der Waals surface area (Å²) >= 11 is 0. The molecule has 36 heavy (non-hydrogen) atoms. The van der Waals surface area contributed by atoms with E-state index in [1.54, 1.807) is 24.4 Å². The van der Waals surface area contributed by atoms with Crippen LogP contribution in [0, 0.1) is 11.8 Å². The van der Waals surface area contributed by atoms with Gasteiger partial charge in [-0.05, 0) is 30.3 Å². The SMILES string of the molecule is Nc1cc(C#Cc2cnn3ccc(-c4ccc(C(=O)N5CCOCC5)c(C(F)(F)F)c4)nc23)ccn1. The summed E-state index contributed by atoms with van der Waals surface area (Å²) in [5, 5.41) is 4.20. The summed E-state index contributed by atoms with van der Waals surface area (Å²) in [6, 6.07) is 8.49. The zero-order valence-corrected chi connectivity index (χ0v) is 18.8. The van der Waals surface area contributed by atoms with Gasteiger partial charge >= 0.3 is 6.18 Å². The summed E-state index contributed by atoms with van der Waals surface area (Å²) < 4.78 is 48.6. The first-order valence-corrected chi connectivity index (χ1v) is 11.0. The second-order valence-corrected chi connectivity index (χ2v) is 8.02. The molecule has 0 aliphatic carbocycles. The second kappa shape index (κ2) is 9.31. The van der Waals surface area contributed by atoms with Crippen LogP contribution >= 0.6 is 0 Å². The van der Waals surface area contributed by atoms with E-state index in [2.05, 4.69) is 26.9 Å². The average molecular weight is 492 g/mol. The number of pyridine rings is 1. The number of hydrogen-bond donors (Lipinski definition) is 1. The number of nitrogens with two attached hydrogens (primary N) is 1. The molecule has 1 saturated heterocycles. The fraction of sp³-hybridized carbons (Fsp3) is 0.200. The summed E-state index contributed by atoms with van der Waals surface area (Å²) in [5.41, 5.74) is 6.28. The molecule has 0 unspecified atom stereocenters. The van der Waals surface area contributed by atoms with E-state index in [1.807, 2.05) is 0 Å². The van der Waals surface area contributed by atoms with E-state index >= 15 is 0 Å². The minimum Gasteiger partial charge on any atom is -0.384 e. The Morgan fingerprint density at radius 2 is 1.89 bits per heavy atom. The maximum absolute atomic E-state index is 14.0. The Balaban J connectivity index is 1.52. The van der Waals surface area contributed by atoms with Crippen LogP contribution in [0.15, 0.2) is 55.0 Å². The molecular weight excluding hydrogens is 473 g/mol. The maximum atomic E-state index is 14.0. The minimum absolute atomic E-state index is 0.213. The predicted octanol–water partition coefficient (Wildman–Crippen LogP) is 3.26. The largest absolute Gasteiger partial charge is 0.417 e. The van der Waals surface area contributed by atoms with E-state index in [0.29, 0.717) is 35.8 Å². The van der Waals surface area contributed by atoms with Crippen LogP contribution in [-0.2, 0) is 10.9 Å². The summed E-state index contributed by atoms with van der Waals surface area (Å²) in [4.78, 5) is 22.6. The van der Waals surface area contributed by atoms with Crippen molar-refractivity contribution in [2.75, 3.05) is 32.0 Å². The predicted molar refractivity (Wildman–Crippen MR) is 125 cm³/mol. The fourth-order valence-corrected chi connectivity index (χ4v) is 3.84. The maximum Gasteiger partial charge on any atom is 0.417 e. The third-order valence-electron chi connectivity index (χ3n) is 5.64. The van der Waals surface area contributed by atoms with Gasteiger partial charge < -0.3 is 15.4 Å². The molecule has 0 radical (unpaired) electrons. The normalized spacial score (nSPS) is 13.9. The summed E-state index contributed by atoms with van der Waals surface area (Å²) in [5.74, 6) is 5.58. The number of rotatable bonds is 2. The highest BCUT2D eigenvalue weighted by atomic mass is 19.4. The summed E-state index contributed by atoms with van der Waals surface area (Å²) in [6.45, 7) is 1.07. The van der Waals surface area contributed by atoms with E-state index in [0.717, 1.165) is 6.07 Å². The summed E-state index contributed by atoms with van der Waals surface area (Å²) in [7, 11) is 0. The molecule has 1 aromatic carbocycles. The number of carbonyl (C=O) groups excluding carboxylic acids is 1. The van der Waals surface area contributed by atoms with Gasteiger partial charge in [0.25, 0.3) is 5.91 Å². The molecule has 8 nitrogen and oxygen atoms in total. The van der Waals surface area contributed by atoms with Crippen molar-refractivity contribution in [3.8, 4) is 23.1 Å². The number of anilines is 1. The molecule has 182 valence electrons. The highest BCUT2D eigenvalue weighted by Crippen LogP contribution is 2.35. The van der Waals surface area contributed by atoms with Crippen molar-refractivity contribution in [1.29, 1.82) is 0 Å². The highest BCUT2D eigenvalue weighted by Gasteiger charge is 2.37.